The molecule has 2 atom stereocenters. The van der Waals surface area contributed by atoms with Crippen molar-refractivity contribution in [3.8, 4) is 0 Å². The molecule has 132 valence electrons. The first-order chi connectivity index (χ1) is 11.0. The average molecular weight is 361 g/mol. The largest absolute Gasteiger partial charge is 0.434 e. The molecule has 0 aliphatic carbocycles. The smallest absolute Gasteiger partial charge is 0.427 e. The van der Waals surface area contributed by atoms with Crippen LogP contribution in [0.2, 0.25) is 0 Å². The summed E-state index contributed by atoms with van der Waals surface area (Å²) >= 11 is 1.30. The van der Waals surface area contributed by atoms with Gasteiger partial charge in [0, 0.05) is 25.0 Å². The number of halogens is 3. The molecule has 1 aromatic heterocycles. The number of hydrogen-bond donors (Lipinski definition) is 0. The lowest BCUT2D eigenvalue weighted by atomic mass is 10.1. The van der Waals surface area contributed by atoms with Crippen molar-refractivity contribution < 1.29 is 22.7 Å². The molecule has 1 aliphatic rings. The van der Waals surface area contributed by atoms with E-state index < -0.39 is 23.2 Å². The van der Waals surface area contributed by atoms with Crippen molar-refractivity contribution >= 4 is 22.9 Å². The van der Waals surface area contributed by atoms with Crippen LogP contribution in [0, 0.1) is 0 Å². The lowest BCUT2D eigenvalue weighted by molar-refractivity contribution is -0.246. The molecule has 5 nitrogen and oxygen atoms in total. The van der Waals surface area contributed by atoms with Crippen molar-refractivity contribution in [1.29, 1.82) is 0 Å². The van der Waals surface area contributed by atoms with Gasteiger partial charge in [-0.2, -0.15) is 13.2 Å². The summed E-state index contributed by atoms with van der Waals surface area (Å²) in [6, 6.07) is 3.32. The molecule has 9 heteroatoms. The highest BCUT2D eigenvalue weighted by Gasteiger charge is 2.51. The Balaban J connectivity index is 2.06. The predicted octanol–water partition coefficient (Wildman–Crippen LogP) is 3.70. The Labute approximate surface area is 142 Å². The Hall–Kier alpha value is -1.77. The highest BCUT2D eigenvalue weighted by molar-refractivity contribution is 8.15. The first kappa shape index (κ1) is 18.6. The number of pyridine rings is 1. The molecule has 2 rings (SSSR count). The van der Waals surface area contributed by atoms with Crippen molar-refractivity contribution in [2.24, 2.45) is 4.99 Å². The van der Waals surface area contributed by atoms with Gasteiger partial charge < -0.3 is 4.74 Å². The second kappa shape index (κ2) is 6.62. The maximum absolute atomic E-state index is 12.9. The minimum atomic E-state index is -4.64. The molecule has 0 spiro atoms. The zero-order valence-corrected chi connectivity index (χ0v) is 14.5. The van der Waals surface area contributed by atoms with Gasteiger partial charge in [-0.25, -0.2) is 4.79 Å². The summed E-state index contributed by atoms with van der Waals surface area (Å²) in [4.78, 5) is 21.7. The second-order valence-corrected chi connectivity index (χ2v) is 7.02. The van der Waals surface area contributed by atoms with E-state index in [1.807, 2.05) is 6.07 Å². The SMILES string of the molecule is CC1N=C(c2cccnc2)SC1N(C)C(=O)OC(C)(C)C(F)(F)F. The molecular formula is C15H18F3N3O2S. The van der Waals surface area contributed by atoms with Gasteiger partial charge in [-0.15, -0.1) is 0 Å². The van der Waals surface area contributed by atoms with Gasteiger partial charge in [0.05, 0.1) is 6.04 Å². The van der Waals surface area contributed by atoms with Crippen molar-refractivity contribution in [2.75, 3.05) is 7.05 Å². The lowest BCUT2D eigenvalue weighted by Gasteiger charge is -2.32. The van der Waals surface area contributed by atoms with Crippen LogP contribution < -0.4 is 0 Å². The molecule has 0 bridgehead atoms. The maximum atomic E-state index is 12.9. The van der Waals surface area contributed by atoms with Gasteiger partial charge >= 0.3 is 12.3 Å². The summed E-state index contributed by atoms with van der Waals surface area (Å²) in [6.07, 6.45) is -2.40. The van der Waals surface area contributed by atoms with E-state index in [1.54, 1.807) is 25.4 Å². The number of alkyl halides is 3. The van der Waals surface area contributed by atoms with Crippen LogP contribution in [-0.2, 0) is 4.74 Å². The van der Waals surface area contributed by atoms with Gasteiger partial charge in [0.25, 0.3) is 0 Å². The third-order valence-electron chi connectivity index (χ3n) is 3.57. The molecule has 1 aliphatic heterocycles. The fraction of sp³-hybridized carbons (Fsp3) is 0.533. The van der Waals surface area contributed by atoms with Crippen LogP contribution in [0.25, 0.3) is 0 Å². The highest BCUT2D eigenvalue weighted by Crippen LogP contribution is 2.36. The second-order valence-electron chi connectivity index (χ2n) is 5.91. The molecule has 0 fully saturated rings. The van der Waals surface area contributed by atoms with Gasteiger partial charge in [-0.3, -0.25) is 14.9 Å². The number of rotatable bonds is 3. The summed E-state index contributed by atoms with van der Waals surface area (Å²) in [6.45, 7) is 3.43. The molecule has 0 saturated carbocycles. The predicted molar refractivity (Wildman–Crippen MR) is 86.0 cm³/mol. The number of hydrogen-bond acceptors (Lipinski definition) is 5. The number of carbonyl (C=O) groups is 1. The Morgan fingerprint density at radius 3 is 2.58 bits per heavy atom. The maximum Gasteiger partial charge on any atom is 0.427 e. The number of thioether (sulfide) groups is 1. The minimum absolute atomic E-state index is 0.281. The molecule has 2 heterocycles. The van der Waals surface area contributed by atoms with E-state index in [1.165, 1.54) is 18.8 Å². The molecule has 0 aromatic carbocycles. The Bertz CT molecular complexity index is 635. The average Bonchev–Trinajstić information content (AvgIpc) is 2.87. The molecule has 24 heavy (non-hydrogen) atoms. The monoisotopic (exact) mass is 361 g/mol. The van der Waals surface area contributed by atoms with Crippen LogP contribution in [0.4, 0.5) is 18.0 Å². The fourth-order valence-electron chi connectivity index (χ4n) is 1.98. The van der Waals surface area contributed by atoms with Crippen molar-refractivity contribution in [3.63, 3.8) is 0 Å². The molecular weight excluding hydrogens is 343 g/mol. The minimum Gasteiger partial charge on any atom is -0.434 e. The number of aromatic nitrogens is 1. The van der Waals surface area contributed by atoms with Gasteiger partial charge in [-0.1, -0.05) is 11.8 Å². The molecule has 0 radical (unpaired) electrons. The van der Waals surface area contributed by atoms with Gasteiger partial charge in [0.1, 0.15) is 10.4 Å². The van der Waals surface area contributed by atoms with E-state index in [9.17, 15) is 18.0 Å². The summed E-state index contributed by atoms with van der Waals surface area (Å²) in [5.74, 6) is 0. The summed E-state index contributed by atoms with van der Waals surface area (Å²) in [5.41, 5.74) is -1.76. The Kier molecular flexibility index (Phi) is 5.12. The summed E-state index contributed by atoms with van der Waals surface area (Å²) < 4.78 is 43.2. The van der Waals surface area contributed by atoms with Crippen molar-refractivity contribution in [2.45, 2.75) is 44.0 Å². The lowest BCUT2D eigenvalue weighted by Crippen LogP contribution is -2.48. The van der Waals surface area contributed by atoms with Crippen LogP contribution in [0.3, 0.4) is 0 Å². The van der Waals surface area contributed by atoms with Crippen molar-refractivity contribution in [1.82, 2.24) is 9.88 Å². The molecule has 0 saturated heterocycles. The third kappa shape index (κ3) is 3.82. The van der Waals surface area contributed by atoms with E-state index in [0.29, 0.717) is 5.04 Å². The molecule has 1 amide bonds. The number of aliphatic imine (C=N–C) groups is 1. The molecule has 1 aromatic rings. The first-order valence-electron chi connectivity index (χ1n) is 7.20. The van der Waals surface area contributed by atoms with Gasteiger partial charge in [-0.05, 0) is 32.9 Å². The normalized spacial score (nSPS) is 21.4. The van der Waals surface area contributed by atoms with Crippen LogP contribution in [0.1, 0.15) is 26.3 Å². The van der Waals surface area contributed by atoms with Crippen LogP contribution in [0.5, 0.6) is 0 Å². The van der Waals surface area contributed by atoms with E-state index in [2.05, 4.69) is 14.7 Å². The number of carbonyl (C=O) groups excluding carboxylic acids is 1. The van der Waals surface area contributed by atoms with Gasteiger partial charge in [0.15, 0.2) is 0 Å². The van der Waals surface area contributed by atoms with E-state index in [0.717, 1.165) is 24.3 Å². The topological polar surface area (TPSA) is 54.8 Å². The van der Waals surface area contributed by atoms with E-state index >= 15 is 0 Å². The van der Waals surface area contributed by atoms with Crippen LogP contribution in [0.15, 0.2) is 29.5 Å². The zero-order valence-electron chi connectivity index (χ0n) is 13.7. The van der Waals surface area contributed by atoms with Gasteiger partial charge in [0.2, 0.25) is 5.60 Å². The quantitative estimate of drug-likeness (QED) is 0.824. The van der Waals surface area contributed by atoms with Crippen molar-refractivity contribution in [3.05, 3.63) is 30.1 Å². The number of likely N-dealkylation sites (N-methyl/N-ethyl adjacent to an activating group) is 1. The summed E-state index contributed by atoms with van der Waals surface area (Å²) in [5, 5.41) is 0.243. The first-order valence-corrected chi connectivity index (χ1v) is 8.08. The highest BCUT2D eigenvalue weighted by atomic mass is 32.2. The van der Waals surface area contributed by atoms with Crippen LogP contribution in [-0.4, -0.2) is 51.3 Å². The van der Waals surface area contributed by atoms with E-state index in [-0.39, 0.29) is 6.04 Å². The van der Waals surface area contributed by atoms with E-state index in [4.69, 9.17) is 0 Å². The Morgan fingerprint density at radius 1 is 1.38 bits per heavy atom. The number of nitrogens with zero attached hydrogens (tertiary/aromatic N) is 3. The molecule has 2 unspecified atom stereocenters. The fourth-order valence-corrected chi connectivity index (χ4v) is 3.19. The standard InChI is InChI=1S/C15H18F3N3O2S/c1-9-12(24-11(20-9)10-6-5-7-19-8-10)21(4)13(22)23-14(2,3)15(16,17)18/h5-9,12H,1-4H3. The Morgan fingerprint density at radius 2 is 2.04 bits per heavy atom. The number of ether oxygens (including phenoxy) is 1. The zero-order chi connectivity index (χ0) is 18.1. The van der Waals surface area contributed by atoms with Crippen LogP contribution >= 0.6 is 11.8 Å². The number of amides is 1. The third-order valence-corrected chi connectivity index (χ3v) is 5.09. The molecule has 0 N–H and O–H groups in total. The summed E-state index contributed by atoms with van der Waals surface area (Å²) in [7, 11) is 1.41.